The summed E-state index contributed by atoms with van der Waals surface area (Å²) < 4.78 is 2.49. The number of nitrogens with zero attached hydrogens (tertiary/aromatic N) is 2. The minimum Gasteiger partial charge on any atom is -0.293 e. The minimum absolute atomic E-state index is 0.0657. The van der Waals surface area contributed by atoms with Crippen molar-refractivity contribution in [3.05, 3.63) is 39.3 Å². The largest absolute Gasteiger partial charge is 0.293 e. The quantitative estimate of drug-likeness (QED) is 0.794. The van der Waals surface area contributed by atoms with Gasteiger partial charge in [0.25, 0.3) is 0 Å². The van der Waals surface area contributed by atoms with Gasteiger partial charge in [0, 0.05) is 12.2 Å². The van der Waals surface area contributed by atoms with Gasteiger partial charge in [0.1, 0.15) is 0 Å². The number of halogens is 1. The summed E-state index contributed by atoms with van der Waals surface area (Å²) in [5, 5.41) is 4.35. The first-order valence-corrected chi connectivity index (χ1v) is 6.58. The number of carbonyl (C=O) groups excluding carboxylic acids is 1. The third-order valence-corrected chi connectivity index (χ3v) is 3.65. The molecule has 90 valence electrons. The third-order valence-electron chi connectivity index (χ3n) is 2.38. The van der Waals surface area contributed by atoms with Crippen molar-refractivity contribution in [3.8, 4) is 0 Å². The lowest BCUT2D eigenvalue weighted by molar-refractivity contribution is 0.0995. The van der Waals surface area contributed by atoms with E-state index in [2.05, 4.69) is 18.9 Å². The van der Waals surface area contributed by atoms with Crippen LogP contribution in [0, 0.1) is 0 Å². The fourth-order valence-electron chi connectivity index (χ4n) is 1.48. The lowest BCUT2D eigenvalue weighted by Crippen LogP contribution is -2.05. The van der Waals surface area contributed by atoms with Gasteiger partial charge in [-0.15, -0.1) is 11.3 Å². The van der Waals surface area contributed by atoms with Crippen molar-refractivity contribution < 1.29 is 4.79 Å². The predicted octanol–water partition coefficient (Wildman–Crippen LogP) is 3.60. The van der Waals surface area contributed by atoms with E-state index in [1.165, 1.54) is 11.3 Å². The average Bonchev–Trinajstić information content (AvgIpc) is 2.86. The van der Waals surface area contributed by atoms with Gasteiger partial charge in [0.15, 0.2) is 5.78 Å². The van der Waals surface area contributed by atoms with Crippen molar-refractivity contribution in [1.82, 2.24) is 9.78 Å². The zero-order valence-corrected chi connectivity index (χ0v) is 11.3. The summed E-state index contributed by atoms with van der Waals surface area (Å²) in [5.41, 5.74) is 0.799. The highest BCUT2D eigenvalue weighted by Gasteiger charge is 2.12. The molecule has 2 aromatic rings. The van der Waals surface area contributed by atoms with Crippen LogP contribution >= 0.6 is 22.9 Å². The maximum absolute atomic E-state index is 11.9. The summed E-state index contributed by atoms with van der Waals surface area (Å²) in [4.78, 5) is 12.6. The normalized spacial score (nSPS) is 11.1. The molecule has 0 fully saturated rings. The molecular formula is C12H13ClN2OS. The van der Waals surface area contributed by atoms with E-state index in [-0.39, 0.29) is 5.78 Å². The Balaban J connectivity index is 2.07. The van der Waals surface area contributed by atoms with Crippen LogP contribution in [0.1, 0.15) is 35.3 Å². The average molecular weight is 269 g/mol. The van der Waals surface area contributed by atoms with Gasteiger partial charge in [0.2, 0.25) is 0 Å². The molecule has 0 aliphatic heterocycles. The summed E-state index contributed by atoms with van der Waals surface area (Å²) in [5.74, 6) is 0.0657. The summed E-state index contributed by atoms with van der Waals surface area (Å²) >= 11 is 7.11. The Bertz CT molecular complexity index is 530. The molecule has 0 N–H and O–H groups in total. The fraction of sp³-hybridized carbons (Fsp3) is 0.333. The first-order chi connectivity index (χ1) is 8.06. The van der Waals surface area contributed by atoms with Crippen molar-refractivity contribution >= 4 is 28.7 Å². The third kappa shape index (κ3) is 2.96. The number of rotatable bonds is 4. The highest BCUT2D eigenvalue weighted by Crippen LogP contribution is 2.22. The molecule has 2 aromatic heterocycles. The molecule has 0 saturated heterocycles. The molecule has 0 unspecified atom stereocenters. The van der Waals surface area contributed by atoms with Crippen LogP contribution in [0.3, 0.4) is 0 Å². The molecule has 0 radical (unpaired) electrons. The van der Waals surface area contributed by atoms with E-state index in [1.54, 1.807) is 12.1 Å². The Morgan fingerprint density at radius 2 is 2.24 bits per heavy atom. The van der Waals surface area contributed by atoms with Gasteiger partial charge in [-0.2, -0.15) is 5.10 Å². The number of ketones is 1. The van der Waals surface area contributed by atoms with Crippen molar-refractivity contribution in [1.29, 1.82) is 0 Å². The monoisotopic (exact) mass is 268 g/mol. The molecule has 0 saturated carbocycles. The SMILES string of the molecule is CC(C)n1ccc(CC(=O)c2ccc(Cl)s2)n1. The molecule has 0 aromatic carbocycles. The lowest BCUT2D eigenvalue weighted by Gasteiger charge is -2.03. The second-order valence-electron chi connectivity index (χ2n) is 4.08. The first-order valence-electron chi connectivity index (χ1n) is 5.39. The molecule has 0 spiro atoms. The molecule has 5 heteroatoms. The summed E-state index contributed by atoms with van der Waals surface area (Å²) in [6, 6.07) is 5.70. The lowest BCUT2D eigenvalue weighted by atomic mass is 10.2. The van der Waals surface area contributed by atoms with E-state index < -0.39 is 0 Å². The van der Waals surface area contributed by atoms with Crippen LogP contribution in [0.2, 0.25) is 4.34 Å². The highest BCUT2D eigenvalue weighted by molar-refractivity contribution is 7.18. The van der Waals surface area contributed by atoms with Gasteiger partial charge in [-0.1, -0.05) is 11.6 Å². The molecule has 0 aliphatic rings. The van der Waals surface area contributed by atoms with Crippen molar-refractivity contribution in [3.63, 3.8) is 0 Å². The van der Waals surface area contributed by atoms with E-state index in [9.17, 15) is 4.79 Å². The van der Waals surface area contributed by atoms with Crippen LogP contribution in [-0.2, 0) is 6.42 Å². The Kier molecular flexibility index (Phi) is 3.64. The molecule has 0 amide bonds. The maximum Gasteiger partial charge on any atom is 0.178 e. The van der Waals surface area contributed by atoms with Crippen LogP contribution in [0.25, 0.3) is 0 Å². The number of hydrogen-bond donors (Lipinski definition) is 0. The minimum atomic E-state index is 0.0657. The Morgan fingerprint density at radius 1 is 1.47 bits per heavy atom. The van der Waals surface area contributed by atoms with Crippen LogP contribution in [0.15, 0.2) is 24.4 Å². The Morgan fingerprint density at radius 3 is 2.76 bits per heavy atom. The summed E-state index contributed by atoms with van der Waals surface area (Å²) in [6.07, 6.45) is 2.23. The van der Waals surface area contributed by atoms with Gasteiger partial charge in [-0.3, -0.25) is 9.48 Å². The number of thiophene rings is 1. The zero-order chi connectivity index (χ0) is 12.4. The topological polar surface area (TPSA) is 34.9 Å². The number of aromatic nitrogens is 2. The summed E-state index contributed by atoms with van der Waals surface area (Å²) in [7, 11) is 0. The van der Waals surface area contributed by atoms with E-state index >= 15 is 0 Å². The van der Waals surface area contributed by atoms with Crippen molar-refractivity contribution in [2.45, 2.75) is 26.3 Å². The second-order valence-corrected chi connectivity index (χ2v) is 5.80. The van der Waals surface area contributed by atoms with Gasteiger partial charge in [-0.05, 0) is 32.0 Å². The van der Waals surface area contributed by atoms with Gasteiger partial charge >= 0.3 is 0 Å². The van der Waals surface area contributed by atoms with E-state index in [1.807, 2.05) is 16.9 Å². The number of Topliss-reactive ketones (excluding diaryl/α,β-unsaturated/α-hetero) is 1. The zero-order valence-electron chi connectivity index (χ0n) is 9.68. The van der Waals surface area contributed by atoms with Crippen molar-refractivity contribution in [2.75, 3.05) is 0 Å². The van der Waals surface area contributed by atoms with E-state index in [0.29, 0.717) is 21.7 Å². The maximum atomic E-state index is 11.9. The van der Waals surface area contributed by atoms with Crippen LogP contribution in [0.5, 0.6) is 0 Å². The molecule has 0 aliphatic carbocycles. The molecule has 17 heavy (non-hydrogen) atoms. The number of carbonyl (C=O) groups is 1. The molecule has 3 nitrogen and oxygen atoms in total. The highest BCUT2D eigenvalue weighted by atomic mass is 35.5. The number of hydrogen-bond acceptors (Lipinski definition) is 3. The summed E-state index contributed by atoms with van der Waals surface area (Å²) in [6.45, 7) is 4.11. The Hall–Kier alpha value is -1.13. The van der Waals surface area contributed by atoms with Gasteiger partial charge < -0.3 is 0 Å². The second kappa shape index (κ2) is 5.02. The molecule has 2 heterocycles. The molecule has 2 rings (SSSR count). The standard InChI is InChI=1S/C12H13ClN2OS/c1-8(2)15-6-5-9(14-15)7-10(16)11-3-4-12(13)17-11/h3-6,8H,7H2,1-2H3. The molecule has 0 atom stereocenters. The van der Waals surface area contributed by atoms with E-state index in [0.717, 1.165) is 5.69 Å². The smallest absolute Gasteiger partial charge is 0.178 e. The molecular weight excluding hydrogens is 256 g/mol. The van der Waals surface area contributed by atoms with Gasteiger partial charge in [0.05, 0.1) is 21.3 Å². The van der Waals surface area contributed by atoms with Crippen LogP contribution in [-0.4, -0.2) is 15.6 Å². The fourth-order valence-corrected chi connectivity index (χ4v) is 2.46. The van der Waals surface area contributed by atoms with Crippen LogP contribution in [0.4, 0.5) is 0 Å². The molecule has 0 bridgehead atoms. The van der Waals surface area contributed by atoms with Gasteiger partial charge in [-0.25, -0.2) is 0 Å². The predicted molar refractivity (Wildman–Crippen MR) is 70.0 cm³/mol. The first kappa shape index (κ1) is 12.3. The Labute approximate surface area is 109 Å². The van der Waals surface area contributed by atoms with Crippen LogP contribution < -0.4 is 0 Å². The van der Waals surface area contributed by atoms with E-state index in [4.69, 9.17) is 11.6 Å². The van der Waals surface area contributed by atoms with Crippen molar-refractivity contribution in [2.24, 2.45) is 0 Å².